The van der Waals surface area contributed by atoms with Crippen LogP contribution in [-0.2, 0) is 19.8 Å². The van der Waals surface area contributed by atoms with Gasteiger partial charge in [0, 0.05) is 23.7 Å². The molecule has 8 heteroatoms. The molecule has 1 aromatic heterocycles. The predicted molar refractivity (Wildman–Crippen MR) is 91.1 cm³/mol. The van der Waals surface area contributed by atoms with E-state index < -0.39 is 11.9 Å². The number of rotatable bonds is 4. The number of phenolic OH excluding ortho intramolecular Hbond substituents is 1. The second kappa shape index (κ2) is 6.92. The lowest BCUT2D eigenvalue weighted by Crippen LogP contribution is -2.06. The minimum Gasteiger partial charge on any atom is -0.507 e. The summed E-state index contributed by atoms with van der Waals surface area (Å²) in [4.78, 5) is 0. The van der Waals surface area contributed by atoms with E-state index in [1.165, 1.54) is 19.2 Å². The highest BCUT2D eigenvalue weighted by Gasteiger charge is 2.34. The maximum atomic E-state index is 12.8. The van der Waals surface area contributed by atoms with Crippen molar-refractivity contribution in [3.63, 3.8) is 0 Å². The molecule has 0 atom stereocenters. The standard InChI is InChI=1S/C18H14ClF3N2O2/c1-24-15(9-17(23-24)18(20,21)22)14-7-6-13(8-16(14)25)26-10-11-2-4-12(19)5-3-11/h2-9,25H,10H2,1H3. The molecule has 26 heavy (non-hydrogen) atoms. The lowest BCUT2D eigenvalue weighted by molar-refractivity contribution is -0.141. The number of benzene rings is 2. The summed E-state index contributed by atoms with van der Waals surface area (Å²) in [6, 6.07) is 12.4. The lowest BCUT2D eigenvalue weighted by Gasteiger charge is -2.10. The van der Waals surface area contributed by atoms with Gasteiger partial charge in [-0.25, -0.2) is 0 Å². The molecule has 0 saturated heterocycles. The van der Waals surface area contributed by atoms with E-state index in [9.17, 15) is 18.3 Å². The maximum absolute atomic E-state index is 12.8. The summed E-state index contributed by atoms with van der Waals surface area (Å²) in [5.41, 5.74) is 0.255. The van der Waals surface area contributed by atoms with Crippen molar-refractivity contribution >= 4 is 11.6 Å². The highest BCUT2D eigenvalue weighted by atomic mass is 35.5. The first kappa shape index (κ1) is 18.1. The molecule has 0 amide bonds. The maximum Gasteiger partial charge on any atom is 0.435 e. The van der Waals surface area contributed by atoms with Gasteiger partial charge in [0.05, 0.1) is 5.69 Å². The van der Waals surface area contributed by atoms with Gasteiger partial charge in [-0.3, -0.25) is 4.68 Å². The molecule has 0 aliphatic rings. The van der Waals surface area contributed by atoms with Crippen molar-refractivity contribution in [3.05, 3.63) is 64.8 Å². The number of hydrogen-bond donors (Lipinski definition) is 1. The molecular weight excluding hydrogens is 369 g/mol. The molecule has 3 rings (SSSR count). The molecule has 4 nitrogen and oxygen atoms in total. The quantitative estimate of drug-likeness (QED) is 0.687. The summed E-state index contributed by atoms with van der Waals surface area (Å²) in [6.07, 6.45) is -4.55. The van der Waals surface area contributed by atoms with Crippen molar-refractivity contribution < 1.29 is 23.0 Å². The Hall–Kier alpha value is -2.67. The first-order chi connectivity index (χ1) is 12.2. The SMILES string of the molecule is Cn1nc(C(F)(F)F)cc1-c1ccc(OCc2ccc(Cl)cc2)cc1O. The van der Waals surface area contributed by atoms with Gasteiger partial charge in [0.1, 0.15) is 18.1 Å². The van der Waals surface area contributed by atoms with Gasteiger partial charge in [0.2, 0.25) is 0 Å². The number of ether oxygens (including phenoxy) is 1. The van der Waals surface area contributed by atoms with Crippen LogP contribution in [-0.4, -0.2) is 14.9 Å². The van der Waals surface area contributed by atoms with E-state index in [2.05, 4.69) is 5.10 Å². The highest BCUT2D eigenvalue weighted by Crippen LogP contribution is 2.36. The number of alkyl halides is 3. The van der Waals surface area contributed by atoms with Crippen LogP contribution in [0.2, 0.25) is 5.02 Å². The number of aromatic nitrogens is 2. The lowest BCUT2D eigenvalue weighted by atomic mass is 10.1. The highest BCUT2D eigenvalue weighted by molar-refractivity contribution is 6.30. The van der Waals surface area contributed by atoms with Crippen molar-refractivity contribution in [2.45, 2.75) is 12.8 Å². The molecule has 0 saturated carbocycles. The molecule has 0 radical (unpaired) electrons. The van der Waals surface area contributed by atoms with Crippen molar-refractivity contribution in [1.29, 1.82) is 0 Å². The Kier molecular flexibility index (Phi) is 4.82. The van der Waals surface area contributed by atoms with Gasteiger partial charge >= 0.3 is 6.18 Å². The van der Waals surface area contributed by atoms with Crippen LogP contribution in [0.4, 0.5) is 13.2 Å². The Bertz CT molecular complexity index is 921. The van der Waals surface area contributed by atoms with Crippen LogP contribution in [0.3, 0.4) is 0 Å². The Morgan fingerprint density at radius 3 is 2.38 bits per heavy atom. The third-order valence-corrected chi connectivity index (χ3v) is 3.99. The third kappa shape index (κ3) is 3.94. The largest absolute Gasteiger partial charge is 0.507 e. The van der Waals surface area contributed by atoms with Crippen LogP contribution >= 0.6 is 11.6 Å². The van der Waals surface area contributed by atoms with Crippen molar-refractivity contribution in [3.8, 4) is 22.8 Å². The topological polar surface area (TPSA) is 47.3 Å². The fourth-order valence-electron chi connectivity index (χ4n) is 2.42. The second-order valence-electron chi connectivity index (χ2n) is 5.63. The number of phenols is 1. The van der Waals surface area contributed by atoms with Crippen molar-refractivity contribution in [2.24, 2.45) is 7.05 Å². The number of hydrogen-bond acceptors (Lipinski definition) is 3. The summed E-state index contributed by atoms with van der Waals surface area (Å²) in [5, 5.41) is 14.3. The summed E-state index contributed by atoms with van der Waals surface area (Å²) in [7, 11) is 1.38. The number of aromatic hydroxyl groups is 1. The molecule has 2 aromatic carbocycles. The van der Waals surface area contributed by atoms with Gasteiger partial charge in [0.25, 0.3) is 0 Å². The monoisotopic (exact) mass is 382 g/mol. The zero-order valence-electron chi connectivity index (χ0n) is 13.6. The van der Waals surface area contributed by atoms with Gasteiger partial charge in [-0.15, -0.1) is 0 Å². The van der Waals surface area contributed by atoms with Gasteiger partial charge in [0.15, 0.2) is 5.69 Å². The van der Waals surface area contributed by atoms with E-state index in [1.54, 1.807) is 18.2 Å². The Balaban J connectivity index is 1.79. The average Bonchev–Trinajstić information content (AvgIpc) is 2.96. The van der Waals surface area contributed by atoms with Crippen molar-refractivity contribution in [2.75, 3.05) is 0 Å². The minimum absolute atomic E-state index is 0.152. The molecule has 1 N–H and O–H groups in total. The fraction of sp³-hybridized carbons (Fsp3) is 0.167. The molecule has 0 aliphatic carbocycles. The molecule has 0 unspecified atom stereocenters. The van der Waals surface area contributed by atoms with E-state index in [4.69, 9.17) is 16.3 Å². The fourth-order valence-corrected chi connectivity index (χ4v) is 2.55. The van der Waals surface area contributed by atoms with Gasteiger partial charge in [-0.05, 0) is 35.9 Å². The third-order valence-electron chi connectivity index (χ3n) is 3.73. The average molecular weight is 383 g/mol. The Labute approximate surface area is 152 Å². The van der Waals surface area contributed by atoms with E-state index in [0.717, 1.165) is 16.3 Å². The van der Waals surface area contributed by atoms with Gasteiger partial charge in [-0.1, -0.05) is 23.7 Å². The first-order valence-electron chi connectivity index (χ1n) is 7.56. The number of nitrogens with zero attached hydrogens (tertiary/aromatic N) is 2. The zero-order valence-corrected chi connectivity index (χ0v) is 14.3. The van der Waals surface area contributed by atoms with E-state index in [1.807, 2.05) is 12.1 Å². The summed E-state index contributed by atoms with van der Waals surface area (Å²) >= 11 is 5.82. The Morgan fingerprint density at radius 2 is 1.81 bits per heavy atom. The zero-order chi connectivity index (χ0) is 18.9. The summed E-state index contributed by atoms with van der Waals surface area (Å²) in [5.74, 6) is 0.190. The first-order valence-corrected chi connectivity index (χ1v) is 7.94. The predicted octanol–water partition coefficient (Wildman–Crippen LogP) is 5.04. The molecular formula is C18H14ClF3N2O2. The van der Waals surface area contributed by atoms with E-state index in [0.29, 0.717) is 10.8 Å². The van der Waals surface area contributed by atoms with Crippen LogP contribution in [0.1, 0.15) is 11.3 Å². The Morgan fingerprint density at radius 1 is 1.12 bits per heavy atom. The smallest absolute Gasteiger partial charge is 0.435 e. The van der Waals surface area contributed by atoms with Crippen LogP contribution < -0.4 is 4.74 Å². The van der Waals surface area contributed by atoms with Gasteiger partial charge in [-0.2, -0.15) is 18.3 Å². The molecule has 136 valence electrons. The molecule has 0 fully saturated rings. The molecule has 0 spiro atoms. The number of aryl methyl sites for hydroxylation is 1. The van der Waals surface area contributed by atoms with E-state index >= 15 is 0 Å². The van der Waals surface area contributed by atoms with Crippen LogP contribution in [0.5, 0.6) is 11.5 Å². The molecule has 3 aromatic rings. The number of halogens is 4. The molecule has 1 heterocycles. The van der Waals surface area contributed by atoms with Crippen molar-refractivity contribution in [1.82, 2.24) is 9.78 Å². The molecule has 0 bridgehead atoms. The molecule has 0 aliphatic heterocycles. The summed E-state index contributed by atoms with van der Waals surface area (Å²) < 4.78 is 45.0. The van der Waals surface area contributed by atoms with Crippen LogP contribution in [0.15, 0.2) is 48.5 Å². The minimum atomic E-state index is -4.55. The van der Waals surface area contributed by atoms with Gasteiger partial charge < -0.3 is 9.84 Å². The van der Waals surface area contributed by atoms with Crippen LogP contribution in [0, 0.1) is 0 Å². The summed E-state index contributed by atoms with van der Waals surface area (Å²) in [6.45, 7) is 0.264. The second-order valence-corrected chi connectivity index (χ2v) is 6.07. The van der Waals surface area contributed by atoms with Crippen LogP contribution in [0.25, 0.3) is 11.3 Å². The normalized spacial score (nSPS) is 11.6. The van der Waals surface area contributed by atoms with E-state index in [-0.39, 0.29) is 23.6 Å².